The Hall–Kier alpha value is -2.48. The summed E-state index contributed by atoms with van der Waals surface area (Å²) in [5, 5.41) is 18.9. The second kappa shape index (κ2) is 5.91. The molecule has 5 nitrogen and oxygen atoms in total. The number of H-pyrrole nitrogens is 1. The number of benzene rings is 1. The van der Waals surface area contributed by atoms with Crippen LogP contribution in [0.4, 0.5) is 5.69 Å². The van der Waals surface area contributed by atoms with Gasteiger partial charge in [0.25, 0.3) is 0 Å². The molecule has 0 bridgehead atoms. The van der Waals surface area contributed by atoms with Crippen LogP contribution in [0, 0.1) is 25.2 Å². The average Bonchev–Trinajstić information content (AvgIpc) is 2.74. The Kier molecular flexibility index (Phi) is 4.04. The van der Waals surface area contributed by atoms with Crippen LogP contribution in [-0.2, 0) is 6.54 Å². The molecule has 0 aliphatic carbocycles. The molecule has 1 aromatic heterocycles. The maximum Gasteiger partial charge on any atom is 0.174 e. The van der Waals surface area contributed by atoms with Crippen molar-refractivity contribution in [3.8, 4) is 11.8 Å². The van der Waals surface area contributed by atoms with E-state index >= 15 is 0 Å². The number of aromatic nitrogens is 2. The van der Waals surface area contributed by atoms with Crippen LogP contribution in [0.2, 0.25) is 0 Å². The number of nitrogens with zero attached hydrogens (tertiary/aromatic N) is 2. The predicted molar refractivity (Wildman–Crippen MR) is 72.9 cm³/mol. The number of hydrogen-bond acceptors (Lipinski definition) is 4. The van der Waals surface area contributed by atoms with Gasteiger partial charge in [0.1, 0.15) is 11.8 Å². The van der Waals surface area contributed by atoms with Crippen LogP contribution in [0.25, 0.3) is 0 Å². The summed E-state index contributed by atoms with van der Waals surface area (Å²) < 4.78 is 5.26. The zero-order chi connectivity index (χ0) is 13.7. The lowest BCUT2D eigenvalue weighted by Crippen LogP contribution is -2.02. The van der Waals surface area contributed by atoms with Crippen molar-refractivity contribution < 1.29 is 4.74 Å². The van der Waals surface area contributed by atoms with E-state index in [0.717, 1.165) is 17.1 Å². The van der Waals surface area contributed by atoms with E-state index in [-0.39, 0.29) is 6.61 Å². The number of anilines is 1. The first kappa shape index (κ1) is 13.0. The van der Waals surface area contributed by atoms with Crippen molar-refractivity contribution in [1.82, 2.24) is 10.2 Å². The number of rotatable bonds is 5. The molecule has 1 heterocycles. The fourth-order valence-corrected chi connectivity index (χ4v) is 1.84. The Morgan fingerprint density at radius 1 is 1.42 bits per heavy atom. The molecule has 0 amide bonds. The van der Waals surface area contributed by atoms with E-state index in [1.807, 2.05) is 44.2 Å². The Labute approximate surface area is 112 Å². The molecular formula is C14H16N4O. The van der Waals surface area contributed by atoms with Crippen molar-refractivity contribution >= 4 is 5.69 Å². The Bertz CT molecular complexity index is 578. The van der Waals surface area contributed by atoms with E-state index in [4.69, 9.17) is 10.00 Å². The number of aryl methyl sites for hydroxylation is 2. The van der Waals surface area contributed by atoms with E-state index in [1.54, 1.807) is 0 Å². The third-order valence-electron chi connectivity index (χ3n) is 2.89. The topological polar surface area (TPSA) is 73.7 Å². The van der Waals surface area contributed by atoms with Gasteiger partial charge in [0.05, 0.1) is 5.69 Å². The molecule has 0 spiro atoms. The molecule has 5 heteroatoms. The van der Waals surface area contributed by atoms with Crippen LogP contribution >= 0.6 is 0 Å². The van der Waals surface area contributed by atoms with Gasteiger partial charge in [0.2, 0.25) is 0 Å². The third-order valence-corrected chi connectivity index (χ3v) is 2.89. The standard InChI is InChI=1S/C14H16N4O/c1-10-14(11(2)18-17-10)9-16-12-4-3-5-13(8-12)19-7-6-15/h3-5,8,16H,7,9H2,1-2H3,(H,17,18). The van der Waals surface area contributed by atoms with E-state index in [1.165, 1.54) is 5.56 Å². The maximum atomic E-state index is 8.49. The van der Waals surface area contributed by atoms with Crippen LogP contribution in [0.1, 0.15) is 17.0 Å². The molecule has 1 aromatic carbocycles. The summed E-state index contributed by atoms with van der Waals surface area (Å²) in [7, 11) is 0. The zero-order valence-corrected chi connectivity index (χ0v) is 11.0. The summed E-state index contributed by atoms with van der Waals surface area (Å²) in [6, 6.07) is 9.51. The van der Waals surface area contributed by atoms with Gasteiger partial charge in [-0.05, 0) is 26.0 Å². The van der Waals surface area contributed by atoms with Crippen molar-refractivity contribution in [3.63, 3.8) is 0 Å². The van der Waals surface area contributed by atoms with E-state index < -0.39 is 0 Å². The van der Waals surface area contributed by atoms with Crippen molar-refractivity contribution in [2.75, 3.05) is 11.9 Å². The highest BCUT2D eigenvalue weighted by Gasteiger charge is 2.05. The van der Waals surface area contributed by atoms with Gasteiger partial charge >= 0.3 is 0 Å². The van der Waals surface area contributed by atoms with Crippen LogP contribution < -0.4 is 10.1 Å². The first-order chi connectivity index (χ1) is 9.20. The van der Waals surface area contributed by atoms with Crippen molar-refractivity contribution in [2.24, 2.45) is 0 Å². The lowest BCUT2D eigenvalue weighted by atomic mass is 10.2. The second-order valence-electron chi connectivity index (χ2n) is 4.24. The fraction of sp³-hybridized carbons (Fsp3) is 0.286. The van der Waals surface area contributed by atoms with Gasteiger partial charge in [-0.15, -0.1) is 0 Å². The molecule has 98 valence electrons. The van der Waals surface area contributed by atoms with Gasteiger partial charge in [0.15, 0.2) is 6.61 Å². The summed E-state index contributed by atoms with van der Waals surface area (Å²) in [6.45, 7) is 4.75. The fourth-order valence-electron chi connectivity index (χ4n) is 1.84. The average molecular weight is 256 g/mol. The summed E-state index contributed by atoms with van der Waals surface area (Å²) in [5.41, 5.74) is 4.20. The smallest absolute Gasteiger partial charge is 0.174 e. The number of ether oxygens (including phenoxy) is 1. The molecule has 0 radical (unpaired) electrons. The molecule has 0 fully saturated rings. The van der Waals surface area contributed by atoms with Crippen molar-refractivity contribution in [3.05, 3.63) is 41.2 Å². The normalized spacial score (nSPS) is 9.95. The van der Waals surface area contributed by atoms with E-state index in [2.05, 4.69) is 15.5 Å². The molecule has 0 saturated carbocycles. The van der Waals surface area contributed by atoms with Crippen molar-refractivity contribution in [1.29, 1.82) is 5.26 Å². The number of nitriles is 1. The molecular weight excluding hydrogens is 240 g/mol. The summed E-state index contributed by atoms with van der Waals surface area (Å²) >= 11 is 0. The zero-order valence-electron chi connectivity index (χ0n) is 11.0. The first-order valence-corrected chi connectivity index (χ1v) is 6.05. The Morgan fingerprint density at radius 2 is 2.26 bits per heavy atom. The molecule has 0 saturated heterocycles. The third kappa shape index (κ3) is 3.26. The van der Waals surface area contributed by atoms with Gasteiger partial charge in [-0.2, -0.15) is 10.4 Å². The minimum absolute atomic E-state index is 0.0589. The summed E-state index contributed by atoms with van der Waals surface area (Å²) in [6.07, 6.45) is 0. The van der Waals surface area contributed by atoms with Crippen LogP contribution in [0.5, 0.6) is 5.75 Å². The van der Waals surface area contributed by atoms with Crippen molar-refractivity contribution in [2.45, 2.75) is 20.4 Å². The van der Waals surface area contributed by atoms with Gasteiger partial charge < -0.3 is 10.1 Å². The van der Waals surface area contributed by atoms with Crippen LogP contribution in [0.15, 0.2) is 24.3 Å². The Balaban J connectivity index is 2.02. The molecule has 0 aliphatic heterocycles. The molecule has 0 atom stereocenters. The largest absolute Gasteiger partial charge is 0.479 e. The van der Waals surface area contributed by atoms with Gasteiger partial charge in [0, 0.05) is 29.6 Å². The van der Waals surface area contributed by atoms with Gasteiger partial charge in [-0.3, -0.25) is 5.10 Å². The maximum absolute atomic E-state index is 8.49. The first-order valence-electron chi connectivity index (χ1n) is 6.05. The number of nitrogens with one attached hydrogen (secondary N) is 2. The summed E-state index contributed by atoms with van der Waals surface area (Å²) in [4.78, 5) is 0. The second-order valence-corrected chi connectivity index (χ2v) is 4.24. The minimum Gasteiger partial charge on any atom is -0.479 e. The molecule has 2 rings (SSSR count). The van der Waals surface area contributed by atoms with E-state index in [0.29, 0.717) is 12.3 Å². The molecule has 19 heavy (non-hydrogen) atoms. The highest BCUT2D eigenvalue weighted by atomic mass is 16.5. The highest BCUT2D eigenvalue weighted by Crippen LogP contribution is 2.19. The van der Waals surface area contributed by atoms with Crippen LogP contribution in [-0.4, -0.2) is 16.8 Å². The predicted octanol–water partition coefficient (Wildman–Crippen LogP) is 2.54. The number of hydrogen-bond donors (Lipinski definition) is 2. The van der Waals surface area contributed by atoms with Crippen LogP contribution in [0.3, 0.4) is 0 Å². The van der Waals surface area contributed by atoms with Gasteiger partial charge in [-0.25, -0.2) is 0 Å². The number of aromatic amines is 1. The monoisotopic (exact) mass is 256 g/mol. The SMILES string of the molecule is Cc1n[nH]c(C)c1CNc1cccc(OCC#N)c1. The lowest BCUT2D eigenvalue weighted by Gasteiger charge is -2.08. The highest BCUT2D eigenvalue weighted by molar-refractivity contribution is 5.49. The molecule has 0 unspecified atom stereocenters. The molecule has 2 aromatic rings. The Morgan fingerprint density at radius 3 is 2.95 bits per heavy atom. The lowest BCUT2D eigenvalue weighted by molar-refractivity contribution is 0.368. The van der Waals surface area contributed by atoms with Gasteiger partial charge in [-0.1, -0.05) is 6.07 Å². The van der Waals surface area contributed by atoms with E-state index in [9.17, 15) is 0 Å². The quantitative estimate of drug-likeness (QED) is 0.862. The molecule has 0 aliphatic rings. The molecule has 2 N–H and O–H groups in total. The summed E-state index contributed by atoms with van der Waals surface area (Å²) in [5.74, 6) is 0.687. The minimum atomic E-state index is 0.0589.